The molecule has 3 N–H and O–H groups in total. The van der Waals surface area contributed by atoms with Crippen LogP contribution in [0.4, 0.5) is 11.5 Å². The maximum atomic E-state index is 10.2. The summed E-state index contributed by atoms with van der Waals surface area (Å²) in [6.45, 7) is 4.41. The number of hydrogen-bond acceptors (Lipinski definition) is 10. The fourth-order valence-electron chi connectivity index (χ4n) is 7.75. The molecule has 41 heavy (non-hydrogen) atoms. The number of hydrogen-bond donors (Lipinski definition) is 2. The van der Waals surface area contributed by atoms with E-state index in [1.807, 2.05) is 12.1 Å². The van der Waals surface area contributed by atoms with Crippen molar-refractivity contribution in [3.8, 4) is 23.5 Å². The molecule has 2 aliphatic heterocycles. The SMILES string of the molecule is CC(Oc1cc(N2CCC(O)C2)nc(-c2noc3c2CCCC32CCc3ccc(N)c(C#N)c32)n1)C1CCCN1C. The first-order valence-electron chi connectivity index (χ1n) is 14.9. The third-order valence-corrected chi connectivity index (χ3v) is 9.80. The number of ether oxygens (including phenoxy) is 1. The van der Waals surface area contributed by atoms with E-state index in [0.29, 0.717) is 54.2 Å². The number of nitrogens with two attached hydrogens (primary N) is 1. The summed E-state index contributed by atoms with van der Waals surface area (Å²) in [4.78, 5) is 14.3. The fourth-order valence-corrected chi connectivity index (χ4v) is 7.75. The van der Waals surface area contributed by atoms with Gasteiger partial charge in [-0.1, -0.05) is 11.2 Å². The Hall–Kier alpha value is -3.68. The van der Waals surface area contributed by atoms with Gasteiger partial charge in [-0.15, -0.1) is 0 Å². The number of fused-ring (bicyclic) bond motifs is 4. The monoisotopic (exact) mass is 555 g/mol. The van der Waals surface area contributed by atoms with E-state index in [2.05, 4.69) is 41.1 Å². The minimum atomic E-state index is -0.424. The van der Waals surface area contributed by atoms with Gasteiger partial charge in [0.15, 0.2) is 17.3 Å². The van der Waals surface area contributed by atoms with Crippen molar-refractivity contribution < 1.29 is 14.4 Å². The van der Waals surface area contributed by atoms with E-state index in [4.69, 9.17) is 25.0 Å². The Bertz CT molecular complexity index is 1530. The Morgan fingerprint density at radius 3 is 2.83 bits per heavy atom. The van der Waals surface area contributed by atoms with Gasteiger partial charge in [0.1, 0.15) is 18.0 Å². The first-order chi connectivity index (χ1) is 19.9. The summed E-state index contributed by atoms with van der Waals surface area (Å²) in [5.74, 6) is 2.52. The summed E-state index contributed by atoms with van der Waals surface area (Å²) in [5, 5.41) is 24.9. The molecule has 0 amide bonds. The minimum Gasteiger partial charge on any atom is -0.473 e. The number of aliphatic hydroxyl groups is 1. The average molecular weight is 556 g/mol. The number of nitrogens with zero attached hydrogens (tertiary/aromatic N) is 6. The normalized spacial score (nSPS) is 26.2. The summed E-state index contributed by atoms with van der Waals surface area (Å²) in [5.41, 5.74) is 10.7. The molecular formula is C31H37N7O3. The van der Waals surface area contributed by atoms with Crippen molar-refractivity contribution in [1.29, 1.82) is 5.26 Å². The van der Waals surface area contributed by atoms with E-state index in [-0.39, 0.29) is 12.2 Å². The van der Waals surface area contributed by atoms with Gasteiger partial charge in [0, 0.05) is 36.4 Å². The van der Waals surface area contributed by atoms with Crippen LogP contribution in [0.15, 0.2) is 22.7 Å². The maximum absolute atomic E-state index is 10.2. The predicted molar refractivity (Wildman–Crippen MR) is 154 cm³/mol. The van der Waals surface area contributed by atoms with Gasteiger partial charge in [-0.25, -0.2) is 4.98 Å². The van der Waals surface area contributed by atoms with E-state index in [1.165, 1.54) is 0 Å². The number of rotatable bonds is 5. The Morgan fingerprint density at radius 2 is 2.07 bits per heavy atom. The number of likely N-dealkylation sites (tertiary alicyclic amines) is 1. The molecule has 0 radical (unpaired) electrons. The molecule has 1 aromatic carbocycles. The van der Waals surface area contributed by atoms with Gasteiger partial charge >= 0.3 is 0 Å². The van der Waals surface area contributed by atoms with Crippen molar-refractivity contribution in [2.45, 2.75) is 82.0 Å². The molecule has 0 bridgehead atoms. The Balaban J connectivity index is 1.31. The summed E-state index contributed by atoms with van der Waals surface area (Å²) >= 11 is 0. The van der Waals surface area contributed by atoms with Crippen LogP contribution in [0.2, 0.25) is 0 Å². The van der Waals surface area contributed by atoms with Crippen LogP contribution in [0.3, 0.4) is 0 Å². The van der Waals surface area contributed by atoms with Crippen LogP contribution in [-0.2, 0) is 18.3 Å². The van der Waals surface area contributed by atoms with Crippen molar-refractivity contribution in [1.82, 2.24) is 20.0 Å². The molecule has 0 saturated carbocycles. The quantitative estimate of drug-likeness (QED) is 0.449. The van der Waals surface area contributed by atoms with Crippen LogP contribution < -0.4 is 15.4 Å². The van der Waals surface area contributed by atoms with Crippen LogP contribution >= 0.6 is 0 Å². The topological polar surface area (TPSA) is 138 Å². The number of β-amino-alcohol motifs (C(OH)–C–C–N with tert-alkyl or cyclic N) is 1. The lowest BCUT2D eigenvalue weighted by molar-refractivity contribution is 0.117. The Morgan fingerprint density at radius 1 is 1.20 bits per heavy atom. The maximum Gasteiger partial charge on any atom is 0.219 e. The number of aryl methyl sites for hydroxylation is 1. The second-order valence-electron chi connectivity index (χ2n) is 12.2. The summed E-state index contributed by atoms with van der Waals surface area (Å²) in [6.07, 6.45) is 6.88. The first kappa shape index (κ1) is 26.2. The molecule has 2 fully saturated rings. The molecular weight excluding hydrogens is 518 g/mol. The molecule has 7 rings (SSSR count). The van der Waals surface area contributed by atoms with Gasteiger partial charge < -0.3 is 25.0 Å². The third-order valence-electron chi connectivity index (χ3n) is 9.80. The second kappa shape index (κ2) is 10.00. The van der Waals surface area contributed by atoms with Gasteiger partial charge in [0.2, 0.25) is 5.88 Å². The third kappa shape index (κ3) is 4.25. The molecule has 3 aromatic rings. The van der Waals surface area contributed by atoms with Crippen molar-refractivity contribution in [2.75, 3.05) is 37.3 Å². The molecule has 4 unspecified atom stereocenters. The Kier molecular flexibility index (Phi) is 6.40. The standard InChI is InChI=1S/C31H37N7O3/c1-18(24-6-4-13-37(24)2)40-26-15-25(38-14-10-20(39)17-38)34-30(35-26)28-21-5-3-11-31(29(21)41-36-28)12-9-19-7-8-23(33)22(16-32)27(19)31/h7-8,15,18,20,24,39H,3-6,9-14,17,33H2,1-2H3. The molecule has 214 valence electrons. The molecule has 10 heteroatoms. The lowest BCUT2D eigenvalue weighted by Gasteiger charge is -2.33. The smallest absolute Gasteiger partial charge is 0.219 e. The molecule has 2 aromatic heterocycles. The van der Waals surface area contributed by atoms with Gasteiger partial charge in [0.05, 0.1) is 17.1 Å². The zero-order chi connectivity index (χ0) is 28.3. The van der Waals surface area contributed by atoms with Gasteiger partial charge in [0.25, 0.3) is 0 Å². The van der Waals surface area contributed by atoms with E-state index < -0.39 is 5.41 Å². The summed E-state index contributed by atoms with van der Waals surface area (Å²) < 4.78 is 12.7. The van der Waals surface area contributed by atoms with Crippen LogP contribution in [0, 0.1) is 11.3 Å². The predicted octanol–water partition coefficient (Wildman–Crippen LogP) is 3.59. The highest BCUT2D eigenvalue weighted by molar-refractivity contribution is 5.68. The number of aliphatic hydroxyl groups excluding tert-OH is 1. The minimum absolute atomic E-state index is 0.0402. The second-order valence-corrected chi connectivity index (χ2v) is 12.2. The highest BCUT2D eigenvalue weighted by Gasteiger charge is 2.49. The lowest BCUT2D eigenvalue weighted by atomic mass is 9.68. The molecule has 4 heterocycles. The fraction of sp³-hybridized carbons (Fsp3) is 0.548. The van der Waals surface area contributed by atoms with Crippen molar-refractivity contribution >= 4 is 11.5 Å². The van der Waals surface area contributed by atoms with E-state index in [1.54, 1.807) is 0 Å². The number of aromatic nitrogens is 3. The number of nitrogen functional groups attached to an aromatic ring is 1. The van der Waals surface area contributed by atoms with E-state index in [0.717, 1.165) is 79.8 Å². The molecule has 4 atom stereocenters. The number of anilines is 2. The zero-order valence-electron chi connectivity index (χ0n) is 23.8. The lowest BCUT2D eigenvalue weighted by Crippen LogP contribution is -2.38. The van der Waals surface area contributed by atoms with Gasteiger partial charge in [-0.2, -0.15) is 10.2 Å². The molecule has 4 aliphatic rings. The van der Waals surface area contributed by atoms with Crippen LogP contribution in [0.1, 0.15) is 73.5 Å². The number of benzene rings is 1. The first-order valence-corrected chi connectivity index (χ1v) is 14.9. The van der Waals surface area contributed by atoms with Crippen LogP contribution in [-0.4, -0.2) is 70.1 Å². The molecule has 1 spiro atoms. The summed E-state index contributed by atoms with van der Waals surface area (Å²) in [7, 11) is 2.14. The number of nitriles is 1. The van der Waals surface area contributed by atoms with Gasteiger partial charge in [-0.3, -0.25) is 4.90 Å². The largest absolute Gasteiger partial charge is 0.473 e. The molecule has 2 aliphatic carbocycles. The summed E-state index contributed by atoms with van der Waals surface area (Å²) in [6, 6.07) is 8.48. The number of likely N-dealkylation sites (N-methyl/N-ethyl adjacent to an activating group) is 1. The van der Waals surface area contributed by atoms with Crippen LogP contribution in [0.5, 0.6) is 5.88 Å². The van der Waals surface area contributed by atoms with Crippen LogP contribution in [0.25, 0.3) is 11.5 Å². The zero-order valence-corrected chi connectivity index (χ0v) is 23.8. The highest BCUT2D eigenvalue weighted by Crippen LogP contribution is 2.54. The Labute approximate surface area is 240 Å². The van der Waals surface area contributed by atoms with E-state index in [9.17, 15) is 10.4 Å². The van der Waals surface area contributed by atoms with Crippen molar-refractivity contribution in [2.24, 2.45) is 0 Å². The van der Waals surface area contributed by atoms with Crippen molar-refractivity contribution in [3.63, 3.8) is 0 Å². The highest BCUT2D eigenvalue weighted by atomic mass is 16.5. The van der Waals surface area contributed by atoms with E-state index >= 15 is 0 Å². The molecule has 10 nitrogen and oxygen atoms in total. The van der Waals surface area contributed by atoms with Crippen molar-refractivity contribution in [3.05, 3.63) is 46.2 Å². The average Bonchev–Trinajstić information content (AvgIpc) is 3.76. The van der Waals surface area contributed by atoms with Gasteiger partial charge in [-0.05, 0) is 89.1 Å². The molecule has 2 saturated heterocycles.